The number of hydrogen-bond acceptors (Lipinski definition) is 6. The maximum Gasteiger partial charge on any atom is 0.205 e. The van der Waals surface area contributed by atoms with Gasteiger partial charge in [0.2, 0.25) is 9.84 Å². The summed E-state index contributed by atoms with van der Waals surface area (Å²) in [4.78, 5) is 0.351. The van der Waals surface area contributed by atoms with Crippen molar-refractivity contribution < 1.29 is 17.9 Å². The molecule has 6 nitrogen and oxygen atoms in total. The molecule has 2 aromatic rings. The van der Waals surface area contributed by atoms with E-state index >= 15 is 0 Å². The van der Waals surface area contributed by atoms with Gasteiger partial charge in [-0.15, -0.1) is 0 Å². The third-order valence-corrected chi connectivity index (χ3v) is 6.87. The zero-order chi connectivity index (χ0) is 22.0. The van der Waals surface area contributed by atoms with E-state index in [4.69, 9.17) is 20.9 Å². The zero-order valence-electron chi connectivity index (χ0n) is 16.8. The molecule has 0 saturated carbocycles. The molecule has 2 aliphatic rings. The Morgan fingerprint density at radius 1 is 0.677 bits per heavy atom. The lowest BCUT2D eigenvalue weighted by Crippen LogP contribution is -2.45. The molecular weight excluding hydrogens is 412 g/mol. The molecule has 0 aromatic heterocycles. The molecule has 2 aromatic carbocycles. The number of rotatable bonds is 6. The van der Waals surface area contributed by atoms with Crippen LogP contribution in [0.15, 0.2) is 107 Å². The van der Waals surface area contributed by atoms with E-state index in [1.807, 2.05) is 36.4 Å². The Labute approximate surface area is 182 Å². The number of benzene rings is 2. The predicted molar refractivity (Wildman–Crippen MR) is 121 cm³/mol. The van der Waals surface area contributed by atoms with Gasteiger partial charge in [0.15, 0.2) is 11.4 Å². The standard InChI is InChI=1S/C24H24N2O4S/c25-23(29-19-7-3-1-4-8-19)15-11-21(12-16-23)31(27,28)22-13-17-24(26,18-14-22)30-20-9-5-2-6-10-20/h1-15,17H,16,18,25-26H2. The van der Waals surface area contributed by atoms with Crippen LogP contribution in [0.4, 0.5) is 0 Å². The van der Waals surface area contributed by atoms with Crippen molar-refractivity contribution in [3.05, 3.63) is 107 Å². The van der Waals surface area contributed by atoms with Crippen molar-refractivity contribution in [3.8, 4) is 11.5 Å². The maximum absolute atomic E-state index is 13.1. The van der Waals surface area contributed by atoms with E-state index in [9.17, 15) is 8.42 Å². The molecule has 7 heteroatoms. The first-order valence-corrected chi connectivity index (χ1v) is 11.4. The first-order chi connectivity index (χ1) is 14.8. The molecule has 0 aliphatic heterocycles. The minimum absolute atomic E-state index is 0.176. The fourth-order valence-corrected chi connectivity index (χ4v) is 4.71. The number of allylic oxidation sites excluding steroid dienone is 2. The van der Waals surface area contributed by atoms with Gasteiger partial charge in [0.25, 0.3) is 0 Å². The smallest absolute Gasteiger partial charge is 0.205 e. The molecule has 0 fully saturated rings. The molecule has 0 radical (unpaired) electrons. The van der Waals surface area contributed by atoms with Crippen molar-refractivity contribution in [3.63, 3.8) is 0 Å². The minimum Gasteiger partial charge on any atom is -0.469 e. The van der Waals surface area contributed by atoms with Gasteiger partial charge in [-0.1, -0.05) is 48.6 Å². The van der Waals surface area contributed by atoms with E-state index in [1.54, 1.807) is 48.6 Å². The first kappa shape index (κ1) is 21.1. The molecular formula is C24H24N2O4S. The second kappa shape index (κ2) is 8.19. The molecule has 2 unspecified atom stereocenters. The summed E-state index contributed by atoms with van der Waals surface area (Å²) in [5.74, 6) is 1.23. The highest BCUT2D eigenvalue weighted by Gasteiger charge is 2.33. The molecule has 2 atom stereocenters. The quantitative estimate of drug-likeness (QED) is 0.671. The Bertz CT molecular complexity index is 1080. The summed E-state index contributed by atoms with van der Waals surface area (Å²) in [6, 6.07) is 18.3. The summed E-state index contributed by atoms with van der Waals surface area (Å²) in [5, 5.41) is 0. The minimum atomic E-state index is -3.70. The van der Waals surface area contributed by atoms with Crippen LogP contribution in [0.1, 0.15) is 12.8 Å². The van der Waals surface area contributed by atoms with Gasteiger partial charge in [-0.25, -0.2) is 8.42 Å². The van der Waals surface area contributed by atoms with Crippen molar-refractivity contribution in [2.24, 2.45) is 11.5 Å². The first-order valence-electron chi connectivity index (χ1n) is 9.88. The lowest BCUT2D eigenvalue weighted by molar-refractivity contribution is 0.129. The highest BCUT2D eigenvalue weighted by molar-refractivity contribution is 7.99. The van der Waals surface area contributed by atoms with E-state index in [1.165, 1.54) is 12.2 Å². The Hall–Kier alpha value is -3.13. The lowest BCUT2D eigenvalue weighted by atomic mass is 10.1. The van der Waals surface area contributed by atoms with Crippen LogP contribution in [0.25, 0.3) is 0 Å². The fourth-order valence-electron chi connectivity index (χ4n) is 3.34. The summed E-state index contributed by atoms with van der Waals surface area (Å²) in [6.45, 7) is 0. The molecule has 0 bridgehead atoms. The second-order valence-electron chi connectivity index (χ2n) is 7.53. The molecule has 0 heterocycles. The maximum atomic E-state index is 13.1. The van der Waals surface area contributed by atoms with Crippen molar-refractivity contribution in [1.29, 1.82) is 0 Å². The van der Waals surface area contributed by atoms with E-state index in [0.29, 0.717) is 11.5 Å². The van der Waals surface area contributed by atoms with Gasteiger partial charge in [-0.3, -0.25) is 11.5 Å². The molecule has 4 N–H and O–H groups in total. The Morgan fingerprint density at radius 2 is 1.06 bits per heavy atom. The van der Waals surface area contributed by atoms with E-state index in [2.05, 4.69) is 0 Å². The third kappa shape index (κ3) is 4.80. The summed E-state index contributed by atoms with van der Waals surface area (Å²) < 4.78 is 37.8. The zero-order valence-corrected chi connectivity index (χ0v) is 17.7. The number of nitrogens with two attached hydrogens (primary N) is 2. The molecule has 0 spiro atoms. The van der Waals surface area contributed by atoms with Crippen molar-refractivity contribution in [2.75, 3.05) is 0 Å². The van der Waals surface area contributed by atoms with Crippen LogP contribution in [-0.4, -0.2) is 19.9 Å². The van der Waals surface area contributed by atoms with Crippen molar-refractivity contribution in [1.82, 2.24) is 0 Å². The van der Waals surface area contributed by atoms with Gasteiger partial charge in [-0.2, -0.15) is 0 Å². The van der Waals surface area contributed by atoms with Crippen LogP contribution in [0.5, 0.6) is 11.5 Å². The van der Waals surface area contributed by atoms with Crippen LogP contribution in [-0.2, 0) is 9.84 Å². The normalized spacial score (nSPS) is 25.5. The highest BCUT2D eigenvalue weighted by Crippen LogP contribution is 2.32. The summed E-state index contributed by atoms with van der Waals surface area (Å²) in [6.07, 6.45) is 9.74. The molecule has 4 rings (SSSR count). The molecule has 0 amide bonds. The Kier molecular flexibility index (Phi) is 5.58. The van der Waals surface area contributed by atoms with Crippen LogP contribution >= 0.6 is 0 Å². The van der Waals surface area contributed by atoms with E-state index in [0.717, 1.165) is 0 Å². The summed E-state index contributed by atoms with van der Waals surface area (Å²) >= 11 is 0. The third-order valence-electron chi connectivity index (χ3n) is 5.03. The number of sulfone groups is 1. The monoisotopic (exact) mass is 436 g/mol. The number of para-hydroxylation sites is 2. The van der Waals surface area contributed by atoms with Gasteiger partial charge >= 0.3 is 0 Å². The van der Waals surface area contributed by atoms with Gasteiger partial charge in [-0.05, 0) is 48.6 Å². The van der Waals surface area contributed by atoms with Gasteiger partial charge in [0, 0.05) is 12.8 Å². The van der Waals surface area contributed by atoms with Crippen molar-refractivity contribution in [2.45, 2.75) is 24.3 Å². The average Bonchev–Trinajstić information content (AvgIpc) is 2.75. The van der Waals surface area contributed by atoms with Crippen LogP contribution in [0.3, 0.4) is 0 Å². The van der Waals surface area contributed by atoms with Crippen LogP contribution in [0, 0.1) is 0 Å². The molecule has 2 aliphatic carbocycles. The lowest BCUT2D eigenvalue weighted by Gasteiger charge is -2.30. The van der Waals surface area contributed by atoms with Crippen molar-refractivity contribution >= 4 is 9.84 Å². The number of hydrogen-bond donors (Lipinski definition) is 2. The highest BCUT2D eigenvalue weighted by atomic mass is 32.2. The van der Waals surface area contributed by atoms with Gasteiger partial charge in [0.05, 0.1) is 9.81 Å². The molecule has 0 saturated heterocycles. The number of ether oxygens (including phenoxy) is 2. The van der Waals surface area contributed by atoms with Gasteiger partial charge < -0.3 is 9.47 Å². The average molecular weight is 437 g/mol. The van der Waals surface area contributed by atoms with E-state index in [-0.39, 0.29) is 22.7 Å². The largest absolute Gasteiger partial charge is 0.469 e. The SMILES string of the molecule is NC1(Oc2ccccc2)C=CC(S(=O)(=O)C2=CCC(N)(Oc3ccccc3)C=C2)=CC1. The Balaban J connectivity index is 1.45. The molecule has 160 valence electrons. The van der Waals surface area contributed by atoms with Crippen LogP contribution in [0.2, 0.25) is 0 Å². The van der Waals surface area contributed by atoms with Gasteiger partial charge in [0.1, 0.15) is 11.5 Å². The second-order valence-corrected chi connectivity index (χ2v) is 9.48. The van der Waals surface area contributed by atoms with Crippen LogP contribution < -0.4 is 20.9 Å². The molecule has 31 heavy (non-hydrogen) atoms. The van der Waals surface area contributed by atoms with E-state index < -0.39 is 21.3 Å². The topological polar surface area (TPSA) is 105 Å². The summed E-state index contributed by atoms with van der Waals surface area (Å²) in [7, 11) is -3.70. The predicted octanol–water partition coefficient (Wildman–Crippen LogP) is 3.56. The fraction of sp³-hybridized carbons (Fsp3) is 0.167. The summed E-state index contributed by atoms with van der Waals surface area (Å²) in [5.41, 5.74) is 10.3. The Morgan fingerprint density at radius 3 is 1.39 bits per heavy atom.